The molecule has 1 saturated heterocycles. The number of piperidine rings is 1. The minimum absolute atomic E-state index is 0.00278. The normalized spacial score (nSPS) is 16.7. The number of pyridine rings is 1. The standard InChI is InChI=1S/C25H28N4O2/c1-18-7-4-13-23(26-18)28-25(31)20-10-6-15-29(17-20)16-14-24(30)27-22-12-5-9-19-8-2-3-11-21(19)22/h2-5,7-9,11-13,20H,6,10,14-17H2,1H3,(H,27,30)(H,26,28,31). The third kappa shape index (κ3) is 5.47. The molecule has 0 spiro atoms. The highest BCUT2D eigenvalue weighted by Crippen LogP contribution is 2.23. The first kappa shape index (κ1) is 21.0. The number of anilines is 2. The van der Waals surface area contributed by atoms with E-state index in [9.17, 15) is 9.59 Å². The topological polar surface area (TPSA) is 74.3 Å². The van der Waals surface area contributed by atoms with E-state index in [4.69, 9.17) is 0 Å². The van der Waals surface area contributed by atoms with Gasteiger partial charge < -0.3 is 15.5 Å². The van der Waals surface area contributed by atoms with E-state index in [0.29, 0.717) is 25.3 Å². The van der Waals surface area contributed by atoms with E-state index < -0.39 is 0 Å². The number of rotatable bonds is 6. The SMILES string of the molecule is Cc1cccc(NC(=O)C2CCCN(CCC(=O)Nc3cccc4ccccc34)C2)n1. The van der Waals surface area contributed by atoms with Crippen LogP contribution < -0.4 is 10.6 Å². The molecule has 0 aliphatic carbocycles. The predicted octanol–water partition coefficient (Wildman–Crippen LogP) is 4.22. The van der Waals surface area contributed by atoms with Gasteiger partial charge in [-0.3, -0.25) is 9.59 Å². The predicted molar refractivity (Wildman–Crippen MR) is 124 cm³/mol. The van der Waals surface area contributed by atoms with Crippen LogP contribution in [0, 0.1) is 12.8 Å². The number of likely N-dealkylation sites (tertiary alicyclic amines) is 1. The Labute approximate surface area is 182 Å². The maximum absolute atomic E-state index is 12.7. The van der Waals surface area contributed by atoms with Crippen LogP contribution >= 0.6 is 0 Å². The average molecular weight is 417 g/mol. The number of aryl methyl sites for hydroxylation is 1. The van der Waals surface area contributed by atoms with E-state index in [1.165, 1.54) is 0 Å². The second-order valence-corrected chi connectivity index (χ2v) is 8.12. The van der Waals surface area contributed by atoms with Gasteiger partial charge in [0, 0.05) is 36.3 Å². The summed E-state index contributed by atoms with van der Waals surface area (Å²) in [6, 6.07) is 19.5. The van der Waals surface area contributed by atoms with Gasteiger partial charge in [-0.2, -0.15) is 0 Å². The van der Waals surface area contributed by atoms with Gasteiger partial charge in [-0.05, 0) is 49.9 Å². The van der Waals surface area contributed by atoms with Crippen molar-refractivity contribution in [3.8, 4) is 0 Å². The molecular weight excluding hydrogens is 388 g/mol. The zero-order valence-corrected chi connectivity index (χ0v) is 17.8. The number of benzene rings is 2. The van der Waals surface area contributed by atoms with Crippen molar-refractivity contribution >= 4 is 34.1 Å². The Kier molecular flexibility index (Phi) is 6.57. The number of amides is 2. The van der Waals surface area contributed by atoms with E-state index >= 15 is 0 Å². The molecule has 6 nitrogen and oxygen atoms in total. The fourth-order valence-electron chi connectivity index (χ4n) is 4.12. The maximum atomic E-state index is 12.7. The molecule has 160 valence electrons. The van der Waals surface area contributed by atoms with Crippen LogP contribution in [0.3, 0.4) is 0 Å². The van der Waals surface area contributed by atoms with Gasteiger partial charge in [0.15, 0.2) is 0 Å². The minimum atomic E-state index is -0.0859. The van der Waals surface area contributed by atoms with Crippen LogP contribution in [0.5, 0.6) is 0 Å². The summed E-state index contributed by atoms with van der Waals surface area (Å²) in [4.78, 5) is 31.8. The smallest absolute Gasteiger partial charge is 0.229 e. The van der Waals surface area contributed by atoms with E-state index in [1.807, 2.05) is 67.6 Å². The number of nitrogens with one attached hydrogen (secondary N) is 2. The molecule has 2 aromatic carbocycles. The van der Waals surface area contributed by atoms with Crippen LogP contribution in [0.1, 0.15) is 25.0 Å². The fraction of sp³-hybridized carbons (Fsp3) is 0.320. The second kappa shape index (κ2) is 9.71. The number of hydrogen-bond acceptors (Lipinski definition) is 4. The molecule has 1 unspecified atom stereocenters. The molecule has 1 aliphatic heterocycles. The van der Waals surface area contributed by atoms with Crippen LogP contribution in [0.25, 0.3) is 10.8 Å². The molecule has 2 heterocycles. The van der Waals surface area contributed by atoms with Crippen molar-refractivity contribution in [1.29, 1.82) is 0 Å². The molecule has 1 atom stereocenters. The number of carbonyl (C=O) groups is 2. The van der Waals surface area contributed by atoms with Gasteiger partial charge in [0.2, 0.25) is 11.8 Å². The summed E-state index contributed by atoms with van der Waals surface area (Å²) < 4.78 is 0. The van der Waals surface area contributed by atoms with Crippen LogP contribution in [-0.4, -0.2) is 41.3 Å². The van der Waals surface area contributed by atoms with Crippen LogP contribution in [0.15, 0.2) is 60.7 Å². The highest BCUT2D eigenvalue weighted by atomic mass is 16.2. The van der Waals surface area contributed by atoms with Crippen molar-refractivity contribution in [2.45, 2.75) is 26.2 Å². The van der Waals surface area contributed by atoms with Crippen molar-refractivity contribution in [1.82, 2.24) is 9.88 Å². The third-order valence-corrected chi connectivity index (χ3v) is 5.73. The Balaban J connectivity index is 1.29. The largest absolute Gasteiger partial charge is 0.325 e. The summed E-state index contributed by atoms with van der Waals surface area (Å²) in [5.41, 5.74) is 1.71. The Morgan fingerprint density at radius 3 is 2.71 bits per heavy atom. The van der Waals surface area contributed by atoms with E-state index in [-0.39, 0.29) is 17.7 Å². The van der Waals surface area contributed by atoms with Crippen molar-refractivity contribution in [2.75, 3.05) is 30.3 Å². The van der Waals surface area contributed by atoms with Crippen LogP contribution in [0.2, 0.25) is 0 Å². The molecule has 1 aromatic heterocycles. The fourth-order valence-corrected chi connectivity index (χ4v) is 4.12. The molecular formula is C25H28N4O2. The number of hydrogen-bond donors (Lipinski definition) is 2. The summed E-state index contributed by atoms with van der Waals surface area (Å²) in [6.45, 7) is 4.12. The molecule has 0 saturated carbocycles. The molecule has 1 fully saturated rings. The molecule has 2 N–H and O–H groups in total. The monoisotopic (exact) mass is 416 g/mol. The molecule has 31 heavy (non-hydrogen) atoms. The van der Waals surface area contributed by atoms with Crippen LogP contribution in [0.4, 0.5) is 11.5 Å². The zero-order chi connectivity index (χ0) is 21.6. The lowest BCUT2D eigenvalue weighted by atomic mass is 9.97. The lowest BCUT2D eigenvalue weighted by Gasteiger charge is -2.31. The maximum Gasteiger partial charge on any atom is 0.229 e. The van der Waals surface area contributed by atoms with Gasteiger partial charge in [-0.1, -0.05) is 42.5 Å². The molecule has 2 amide bonds. The first-order valence-corrected chi connectivity index (χ1v) is 10.8. The molecule has 6 heteroatoms. The lowest BCUT2D eigenvalue weighted by molar-refractivity contribution is -0.121. The summed E-state index contributed by atoms with van der Waals surface area (Å²) in [7, 11) is 0. The second-order valence-electron chi connectivity index (χ2n) is 8.12. The quantitative estimate of drug-likeness (QED) is 0.631. The summed E-state index contributed by atoms with van der Waals surface area (Å²) in [5.74, 6) is 0.503. The highest BCUT2D eigenvalue weighted by Gasteiger charge is 2.26. The Morgan fingerprint density at radius 2 is 1.84 bits per heavy atom. The first-order chi connectivity index (χ1) is 15.1. The number of carbonyl (C=O) groups excluding carboxylic acids is 2. The average Bonchev–Trinajstić information content (AvgIpc) is 2.78. The van der Waals surface area contributed by atoms with E-state index in [0.717, 1.165) is 41.5 Å². The Hall–Kier alpha value is -3.25. The van der Waals surface area contributed by atoms with Crippen molar-refractivity contribution < 1.29 is 9.59 Å². The highest BCUT2D eigenvalue weighted by molar-refractivity contribution is 6.02. The molecule has 3 aromatic rings. The Bertz CT molecular complexity index is 1080. The molecule has 0 bridgehead atoms. The summed E-state index contributed by atoms with van der Waals surface area (Å²) in [5, 5.41) is 8.12. The number of nitrogens with zero attached hydrogens (tertiary/aromatic N) is 2. The van der Waals surface area contributed by atoms with Gasteiger partial charge in [-0.25, -0.2) is 4.98 Å². The van der Waals surface area contributed by atoms with Gasteiger partial charge in [0.1, 0.15) is 5.82 Å². The van der Waals surface area contributed by atoms with Crippen molar-refractivity contribution in [3.63, 3.8) is 0 Å². The van der Waals surface area contributed by atoms with Crippen molar-refractivity contribution in [2.24, 2.45) is 5.92 Å². The summed E-state index contributed by atoms with van der Waals surface area (Å²) >= 11 is 0. The summed E-state index contributed by atoms with van der Waals surface area (Å²) in [6.07, 6.45) is 2.21. The number of fused-ring (bicyclic) bond motifs is 1. The number of aromatic nitrogens is 1. The van der Waals surface area contributed by atoms with Gasteiger partial charge in [-0.15, -0.1) is 0 Å². The zero-order valence-electron chi connectivity index (χ0n) is 17.8. The molecule has 0 radical (unpaired) electrons. The molecule has 1 aliphatic rings. The Morgan fingerprint density at radius 1 is 1.03 bits per heavy atom. The van der Waals surface area contributed by atoms with E-state index in [2.05, 4.69) is 20.5 Å². The first-order valence-electron chi connectivity index (χ1n) is 10.8. The minimum Gasteiger partial charge on any atom is -0.325 e. The van der Waals surface area contributed by atoms with Crippen LogP contribution in [-0.2, 0) is 9.59 Å². The van der Waals surface area contributed by atoms with Crippen molar-refractivity contribution in [3.05, 3.63) is 66.4 Å². The third-order valence-electron chi connectivity index (χ3n) is 5.73. The van der Waals surface area contributed by atoms with Gasteiger partial charge in [0.05, 0.1) is 5.92 Å². The lowest BCUT2D eigenvalue weighted by Crippen LogP contribution is -2.41. The van der Waals surface area contributed by atoms with Gasteiger partial charge in [0.25, 0.3) is 0 Å². The van der Waals surface area contributed by atoms with E-state index in [1.54, 1.807) is 0 Å². The van der Waals surface area contributed by atoms with Gasteiger partial charge >= 0.3 is 0 Å². The molecule has 4 rings (SSSR count).